The van der Waals surface area contributed by atoms with Gasteiger partial charge >= 0.3 is 0 Å². The van der Waals surface area contributed by atoms with Crippen molar-refractivity contribution < 1.29 is 13.9 Å². The van der Waals surface area contributed by atoms with Crippen LogP contribution in [0.1, 0.15) is 33.8 Å². The molecule has 0 bridgehead atoms. The third kappa shape index (κ3) is 2.99. The number of hydrogen-bond donors (Lipinski definition) is 1. The molecule has 0 spiro atoms. The molecule has 1 aliphatic rings. The highest BCUT2D eigenvalue weighted by atomic mass is 32.1. The Hall–Kier alpha value is -2.44. The fraction of sp³-hybridized carbons (Fsp3) is 0.263. The van der Waals surface area contributed by atoms with Crippen molar-refractivity contribution in [1.29, 1.82) is 0 Å². The number of fused-ring (bicyclic) bond motifs is 2. The maximum absolute atomic E-state index is 12.6. The minimum absolute atomic E-state index is 0.123. The van der Waals surface area contributed by atoms with E-state index in [1.807, 2.05) is 6.92 Å². The van der Waals surface area contributed by atoms with Gasteiger partial charge in [-0.1, -0.05) is 0 Å². The second-order valence-electron chi connectivity index (χ2n) is 6.10. The molecule has 1 aromatic carbocycles. The van der Waals surface area contributed by atoms with Crippen molar-refractivity contribution in [2.75, 3.05) is 6.61 Å². The molecule has 0 saturated carbocycles. The van der Waals surface area contributed by atoms with Gasteiger partial charge in [-0.3, -0.25) is 9.59 Å². The molecule has 6 heteroatoms. The van der Waals surface area contributed by atoms with Crippen LogP contribution in [-0.2, 0) is 11.2 Å². The molecule has 1 N–H and O–H groups in total. The lowest BCUT2D eigenvalue weighted by molar-refractivity contribution is 0.0205. The normalized spacial score (nSPS) is 17.9. The highest BCUT2D eigenvalue weighted by Crippen LogP contribution is 2.33. The smallest absolute Gasteiger partial charge is 0.251 e. The Morgan fingerprint density at radius 1 is 1.32 bits per heavy atom. The van der Waals surface area contributed by atoms with Gasteiger partial charge in [0.1, 0.15) is 11.7 Å². The van der Waals surface area contributed by atoms with Crippen LogP contribution in [0.3, 0.4) is 0 Å². The van der Waals surface area contributed by atoms with E-state index in [2.05, 4.69) is 16.8 Å². The second-order valence-corrected chi connectivity index (χ2v) is 7.10. The van der Waals surface area contributed by atoms with Gasteiger partial charge in [0.25, 0.3) is 5.91 Å². The zero-order valence-corrected chi connectivity index (χ0v) is 14.5. The van der Waals surface area contributed by atoms with Gasteiger partial charge in [-0.2, -0.15) is 0 Å². The molecule has 2 aromatic heterocycles. The fourth-order valence-corrected chi connectivity index (χ4v) is 4.08. The highest BCUT2D eigenvalue weighted by molar-refractivity contribution is 7.10. The van der Waals surface area contributed by atoms with E-state index in [4.69, 9.17) is 9.15 Å². The molecule has 0 aliphatic carbocycles. The standard InChI is InChI=1S/C19H17NO4S/c1-11(18-14-6-9-25-17(14)5-8-24-18)20-19(22)12-2-3-13-15(21)4-7-23-16(13)10-12/h2-4,6-7,9-11,18H,5,8H2,1H3,(H,20,22). The molecule has 0 fully saturated rings. The zero-order valence-electron chi connectivity index (χ0n) is 13.7. The quantitative estimate of drug-likeness (QED) is 0.783. The number of carbonyl (C=O) groups excluding carboxylic acids is 1. The summed E-state index contributed by atoms with van der Waals surface area (Å²) in [6, 6.07) is 8.12. The number of nitrogens with one attached hydrogen (secondary N) is 1. The van der Waals surface area contributed by atoms with E-state index >= 15 is 0 Å². The molecule has 4 rings (SSSR count). The summed E-state index contributed by atoms with van der Waals surface area (Å²) in [6.45, 7) is 2.61. The van der Waals surface area contributed by atoms with E-state index in [1.165, 1.54) is 17.2 Å². The highest BCUT2D eigenvalue weighted by Gasteiger charge is 2.28. The molecule has 1 aliphatic heterocycles. The van der Waals surface area contributed by atoms with Crippen LogP contribution in [-0.4, -0.2) is 18.6 Å². The van der Waals surface area contributed by atoms with Crippen molar-refractivity contribution in [2.45, 2.75) is 25.5 Å². The molecule has 3 heterocycles. The maximum atomic E-state index is 12.6. The second kappa shape index (κ2) is 6.46. The lowest BCUT2D eigenvalue weighted by Crippen LogP contribution is -2.39. The number of thiophene rings is 1. The first-order chi connectivity index (χ1) is 12.1. The van der Waals surface area contributed by atoms with Gasteiger partial charge in [0, 0.05) is 22.9 Å². The molecule has 2 unspecified atom stereocenters. The van der Waals surface area contributed by atoms with E-state index < -0.39 is 0 Å². The van der Waals surface area contributed by atoms with Crippen LogP contribution < -0.4 is 10.7 Å². The van der Waals surface area contributed by atoms with Gasteiger partial charge in [0.05, 0.1) is 24.3 Å². The predicted molar refractivity (Wildman–Crippen MR) is 96.1 cm³/mol. The van der Waals surface area contributed by atoms with Gasteiger partial charge in [0.15, 0.2) is 5.43 Å². The molecular formula is C19H17NO4S. The van der Waals surface area contributed by atoms with Crippen LogP contribution >= 0.6 is 11.3 Å². The van der Waals surface area contributed by atoms with Gasteiger partial charge in [-0.25, -0.2) is 0 Å². The molecule has 128 valence electrons. The van der Waals surface area contributed by atoms with E-state index in [9.17, 15) is 9.59 Å². The number of carbonyl (C=O) groups is 1. The molecule has 25 heavy (non-hydrogen) atoms. The number of hydrogen-bond acceptors (Lipinski definition) is 5. The topological polar surface area (TPSA) is 68.5 Å². The van der Waals surface area contributed by atoms with Crippen LogP contribution in [0.2, 0.25) is 0 Å². The summed E-state index contributed by atoms with van der Waals surface area (Å²) >= 11 is 1.73. The summed E-state index contributed by atoms with van der Waals surface area (Å²) in [5, 5.41) is 5.52. The molecule has 0 radical (unpaired) electrons. The average molecular weight is 355 g/mol. The van der Waals surface area contributed by atoms with Gasteiger partial charge in [-0.15, -0.1) is 11.3 Å². The molecule has 2 atom stereocenters. The van der Waals surface area contributed by atoms with Gasteiger partial charge in [0.2, 0.25) is 0 Å². The molecular weight excluding hydrogens is 338 g/mol. The first-order valence-corrected chi connectivity index (χ1v) is 9.02. The van der Waals surface area contributed by atoms with E-state index in [1.54, 1.807) is 29.5 Å². The Balaban J connectivity index is 1.55. The lowest BCUT2D eigenvalue weighted by atomic mass is 10.0. The summed E-state index contributed by atoms with van der Waals surface area (Å²) in [7, 11) is 0. The minimum Gasteiger partial charge on any atom is -0.464 e. The first-order valence-electron chi connectivity index (χ1n) is 8.14. The van der Waals surface area contributed by atoms with Crippen LogP contribution in [0, 0.1) is 0 Å². The third-order valence-corrected chi connectivity index (χ3v) is 5.45. The van der Waals surface area contributed by atoms with Crippen molar-refractivity contribution in [2.24, 2.45) is 0 Å². The largest absolute Gasteiger partial charge is 0.464 e. The molecule has 1 amide bonds. The Bertz CT molecular complexity index is 990. The Labute approximate surface area is 148 Å². The number of ether oxygens (including phenoxy) is 1. The zero-order chi connectivity index (χ0) is 17.4. The third-order valence-electron chi connectivity index (χ3n) is 4.45. The van der Waals surface area contributed by atoms with Crippen molar-refractivity contribution in [3.05, 3.63) is 68.2 Å². The fourth-order valence-electron chi connectivity index (χ4n) is 3.18. The first kappa shape index (κ1) is 16.1. The Morgan fingerprint density at radius 3 is 3.08 bits per heavy atom. The minimum atomic E-state index is -0.216. The van der Waals surface area contributed by atoms with E-state index in [0.717, 1.165) is 12.0 Å². The summed E-state index contributed by atoms with van der Waals surface area (Å²) in [4.78, 5) is 25.7. The molecule has 0 saturated heterocycles. The Morgan fingerprint density at radius 2 is 2.20 bits per heavy atom. The SMILES string of the molecule is CC(NC(=O)c1ccc2c(=O)ccoc2c1)C1OCCc2sccc21. The number of amides is 1. The molecule has 3 aromatic rings. The summed E-state index contributed by atoms with van der Waals surface area (Å²) < 4.78 is 11.2. The van der Waals surface area contributed by atoms with Crippen molar-refractivity contribution in [3.63, 3.8) is 0 Å². The predicted octanol–water partition coefficient (Wildman–Crippen LogP) is 3.29. The number of benzene rings is 1. The summed E-state index contributed by atoms with van der Waals surface area (Å²) in [5.74, 6) is -0.216. The van der Waals surface area contributed by atoms with Crippen LogP contribution in [0.25, 0.3) is 11.0 Å². The maximum Gasteiger partial charge on any atom is 0.251 e. The van der Waals surface area contributed by atoms with Crippen LogP contribution in [0.15, 0.2) is 51.2 Å². The van der Waals surface area contributed by atoms with Crippen molar-refractivity contribution in [1.82, 2.24) is 5.32 Å². The summed E-state index contributed by atoms with van der Waals surface area (Å²) in [6.07, 6.45) is 2.12. The van der Waals surface area contributed by atoms with E-state index in [-0.39, 0.29) is 23.5 Å². The van der Waals surface area contributed by atoms with Crippen molar-refractivity contribution >= 4 is 28.2 Å². The monoisotopic (exact) mass is 355 g/mol. The average Bonchev–Trinajstić information content (AvgIpc) is 3.10. The Kier molecular flexibility index (Phi) is 4.15. The lowest BCUT2D eigenvalue weighted by Gasteiger charge is -2.29. The molecule has 5 nitrogen and oxygen atoms in total. The summed E-state index contributed by atoms with van der Waals surface area (Å²) in [5.41, 5.74) is 1.90. The van der Waals surface area contributed by atoms with E-state index in [0.29, 0.717) is 23.1 Å². The van der Waals surface area contributed by atoms with Crippen LogP contribution in [0.5, 0.6) is 0 Å². The van der Waals surface area contributed by atoms with Crippen molar-refractivity contribution in [3.8, 4) is 0 Å². The van der Waals surface area contributed by atoms with Gasteiger partial charge in [-0.05, 0) is 42.1 Å². The van der Waals surface area contributed by atoms with Crippen LogP contribution in [0.4, 0.5) is 0 Å². The number of rotatable bonds is 3. The van der Waals surface area contributed by atoms with Gasteiger partial charge < -0.3 is 14.5 Å².